The van der Waals surface area contributed by atoms with Crippen LogP contribution in [0.15, 0.2) is 30.6 Å². The number of nitrogens with zero attached hydrogens (tertiary/aromatic N) is 2. The number of pyridine rings is 1. The summed E-state index contributed by atoms with van der Waals surface area (Å²) in [6.07, 6.45) is 4.88. The zero-order valence-corrected chi connectivity index (χ0v) is 9.72. The van der Waals surface area contributed by atoms with Crippen LogP contribution in [-0.2, 0) is 4.74 Å². The lowest BCUT2D eigenvalue weighted by atomic mass is 10.3. The van der Waals surface area contributed by atoms with Gasteiger partial charge in [-0.3, -0.25) is 5.32 Å². The Morgan fingerprint density at radius 1 is 1.53 bits per heavy atom. The molecular weight excluding hydrogens is 218 g/mol. The first kappa shape index (κ1) is 11.4. The van der Waals surface area contributed by atoms with Gasteiger partial charge in [0.15, 0.2) is 0 Å². The molecule has 0 aliphatic heterocycles. The summed E-state index contributed by atoms with van der Waals surface area (Å²) in [4.78, 5) is 11.5. The van der Waals surface area contributed by atoms with Crippen LogP contribution in [0.2, 0.25) is 0 Å². The lowest BCUT2D eigenvalue weighted by molar-refractivity contribution is 0.160. The second kappa shape index (κ2) is 5.34. The molecule has 0 radical (unpaired) electrons. The van der Waals surface area contributed by atoms with Crippen LogP contribution in [0.25, 0.3) is 5.52 Å². The number of anilines is 1. The van der Waals surface area contributed by atoms with Gasteiger partial charge < -0.3 is 4.74 Å². The molecule has 0 saturated heterocycles. The van der Waals surface area contributed by atoms with E-state index < -0.39 is 6.09 Å². The van der Waals surface area contributed by atoms with Gasteiger partial charge >= 0.3 is 6.09 Å². The van der Waals surface area contributed by atoms with Gasteiger partial charge in [-0.15, -0.1) is 0 Å². The number of nitrogens with one attached hydrogen (secondary N) is 1. The molecule has 2 aromatic heterocycles. The Balaban J connectivity index is 2.01. The first-order valence-corrected chi connectivity index (χ1v) is 5.67. The topological polar surface area (TPSA) is 55.6 Å². The molecule has 2 aromatic rings. The first-order chi connectivity index (χ1) is 8.31. The van der Waals surface area contributed by atoms with E-state index in [0.717, 1.165) is 18.4 Å². The van der Waals surface area contributed by atoms with Crippen molar-refractivity contribution in [3.05, 3.63) is 30.6 Å². The lowest BCUT2D eigenvalue weighted by Crippen LogP contribution is -2.14. The van der Waals surface area contributed by atoms with Gasteiger partial charge in [-0.1, -0.05) is 19.4 Å². The molecule has 2 rings (SSSR count). The van der Waals surface area contributed by atoms with E-state index in [1.54, 1.807) is 10.7 Å². The molecule has 1 N–H and O–H groups in total. The average molecular weight is 233 g/mol. The van der Waals surface area contributed by atoms with Crippen LogP contribution in [0, 0.1) is 0 Å². The Hall–Kier alpha value is -2.04. The normalized spacial score (nSPS) is 10.4. The molecule has 0 bridgehead atoms. The summed E-state index contributed by atoms with van der Waals surface area (Å²) in [6.45, 7) is 2.49. The van der Waals surface area contributed by atoms with Crippen molar-refractivity contribution in [1.29, 1.82) is 0 Å². The van der Waals surface area contributed by atoms with Crippen molar-refractivity contribution in [2.45, 2.75) is 19.8 Å². The zero-order chi connectivity index (χ0) is 12.1. The number of unbranched alkanes of at least 4 members (excludes halogenated alkanes) is 1. The molecule has 0 atom stereocenters. The van der Waals surface area contributed by atoms with Crippen LogP contribution in [-0.4, -0.2) is 22.3 Å². The van der Waals surface area contributed by atoms with Crippen LogP contribution in [0.4, 0.5) is 10.5 Å². The fourth-order valence-corrected chi connectivity index (χ4v) is 1.49. The maximum absolute atomic E-state index is 11.5. The number of carbonyl (C=O) groups is 1. The molecular formula is C12H15N3O2. The third-order valence-corrected chi connectivity index (χ3v) is 2.39. The van der Waals surface area contributed by atoms with Crippen LogP contribution in [0.1, 0.15) is 19.8 Å². The summed E-state index contributed by atoms with van der Waals surface area (Å²) >= 11 is 0. The third-order valence-electron chi connectivity index (χ3n) is 2.39. The van der Waals surface area contributed by atoms with E-state index in [1.165, 1.54) is 0 Å². The minimum absolute atomic E-state index is 0.433. The summed E-state index contributed by atoms with van der Waals surface area (Å²) in [7, 11) is 0. The predicted molar refractivity (Wildman–Crippen MR) is 65.1 cm³/mol. The van der Waals surface area contributed by atoms with Crippen molar-refractivity contribution in [1.82, 2.24) is 9.61 Å². The van der Waals surface area contributed by atoms with E-state index in [2.05, 4.69) is 10.4 Å². The number of carbonyl (C=O) groups excluding carboxylic acids is 1. The molecule has 17 heavy (non-hydrogen) atoms. The van der Waals surface area contributed by atoms with Gasteiger partial charge in [0.1, 0.15) is 0 Å². The van der Waals surface area contributed by atoms with Gasteiger partial charge in [-0.05, 0) is 18.6 Å². The lowest BCUT2D eigenvalue weighted by Gasteiger charge is -2.04. The van der Waals surface area contributed by atoms with Crippen molar-refractivity contribution < 1.29 is 9.53 Å². The highest BCUT2D eigenvalue weighted by Gasteiger charge is 2.07. The summed E-state index contributed by atoms with van der Waals surface area (Å²) < 4.78 is 6.71. The Labute approximate surface area is 99.4 Å². The third kappa shape index (κ3) is 2.75. The maximum Gasteiger partial charge on any atom is 0.411 e. The second-order valence-electron chi connectivity index (χ2n) is 3.70. The minimum Gasteiger partial charge on any atom is -0.449 e. The molecule has 90 valence electrons. The number of amides is 1. The molecule has 0 fully saturated rings. The highest BCUT2D eigenvalue weighted by molar-refractivity contribution is 5.90. The average Bonchev–Trinajstić information content (AvgIpc) is 2.73. The van der Waals surface area contributed by atoms with Gasteiger partial charge in [0.05, 0.1) is 24.0 Å². The smallest absolute Gasteiger partial charge is 0.411 e. The molecule has 0 aromatic carbocycles. The Morgan fingerprint density at radius 2 is 2.41 bits per heavy atom. The van der Waals surface area contributed by atoms with Gasteiger partial charge in [0.2, 0.25) is 0 Å². The molecule has 5 nitrogen and oxygen atoms in total. The Kier molecular flexibility index (Phi) is 3.59. The Morgan fingerprint density at radius 3 is 3.24 bits per heavy atom. The molecule has 0 saturated carbocycles. The number of ether oxygens (including phenoxy) is 1. The van der Waals surface area contributed by atoms with Crippen LogP contribution < -0.4 is 5.32 Å². The number of hydrogen-bond acceptors (Lipinski definition) is 3. The van der Waals surface area contributed by atoms with E-state index >= 15 is 0 Å². The summed E-state index contributed by atoms with van der Waals surface area (Å²) in [5.41, 5.74) is 1.51. The van der Waals surface area contributed by atoms with Crippen molar-refractivity contribution >= 4 is 17.3 Å². The maximum atomic E-state index is 11.5. The van der Waals surface area contributed by atoms with Crippen molar-refractivity contribution in [2.75, 3.05) is 11.9 Å². The van der Waals surface area contributed by atoms with Gasteiger partial charge in [0, 0.05) is 6.20 Å². The predicted octanol–water partition coefficient (Wildman–Crippen LogP) is 2.68. The number of aromatic nitrogens is 2. The fraction of sp³-hybridized carbons (Fsp3) is 0.333. The van der Waals surface area contributed by atoms with E-state index in [9.17, 15) is 4.79 Å². The van der Waals surface area contributed by atoms with E-state index in [0.29, 0.717) is 12.3 Å². The molecule has 0 spiro atoms. The van der Waals surface area contributed by atoms with Crippen LogP contribution in [0.5, 0.6) is 0 Å². The van der Waals surface area contributed by atoms with Gasteiger partial charge in [-0.2, -0.15) is 5.10 Å². The summed E-state index contributed by atoms with van der Waals surface area (Å²) in [5.74, 6) is 0. The van der Waals surface area contributed by atoms with Crippen molar-refractivity contribution in [3.8, 4) is 0 Å². The van der Waals surface area contributed by atoms with E-state index in [1.807, 2.05) is 31.3 Å². The molecule has 2 heterocycles. The molecule has 5 heteroatoms. The quantitative estimate of drug-likeness (QED) is 0.826. The van der Waals surface area contributed by atoms with E-state index in [4.69, 9.17) is 4.74 Å². The summed E-state index contributed by atoms with van der Waals surface area (Å²) in [5, 5.41) is 6.79. The number of rotatable bonds is 4. The summed E-state index contributed by atoms with van der Waals surface area (Å²) in [6, 6.07) is 5.66. The van der Waals surface area contributed by atoms with Gasteiger partial charge in [-0.25, -0.2) is 9.31 Å². The number of fused-ring (bicyclic) bond motifs is 1. The molecule has 0 unspecified atom stereocenters. The van der Waals surface area contributed by atoms with E-state index in [-0.39, 0.29) is 0 Å². The largest absolute Gasteiger partial charge is 0.449 e. The molecule has 1 amide bonds. The second-order valence-corrected chi connectivity index (χ2v) is 3.70. The number of hydrogen-bond donors (Lipinski definition) is 1. The first-order valence-electron chi connectivity index (χ1n) is 5.67. The van der Waals surface area contributed by atoms with Crippen LogP contribution in [0.3, 0.4) is 0 Å². The Bertz CT molecular complexity index is 507. The molecule has 0 aliphatic carbocycles. The monoisotopic (exact) mass is 233 g/mol. The zero-order valence-electron chi connectivity index (χ0n) is 9.72. The highest BCUT2D eigenvalue weighted by Crippen LogP contribution is 2.15. The standard InChI is InChI=1S/C12H15N3O2/c1-2-3-8-17-12(16)14-10-9-13-15-7-5-4-6-11(10)15/h4-7,9H,2-3,8H2,1H3,(H,14,16). The SMILES string of the molecule is CCCCOC(=O)Nc1cnn2ccccc12. The molecule has 0 aliphatic rings. The van der Waals surface area contributed by atoms with Gasteiger partial charge in [0.25, 0.3) is 0 Å². The highest BCUT2D eigenvalue weighted by atomic mass is 16.5. The van der Waals surface area contributed by atoms with Crippen molar-refractivity contribution in [2.24, 2.45) is 0 Å². The van der Waals surface area contributed by atoms with Crippen LogP contribution >= 0.6 is 0 Å². The van der Waals surface area contributed by atoms with Crippen molar-refractivity contribution in [3.63, 3.8) is 0 Å². The minimum atomic E-state index is -0.433. The fourth-order valence-electron chi connectivity index (χ4n) is 1.49.